The quantitative estimate of drug-likeness (QED) is 0.217. The van der Waals surface area contributed by atoms with Gasteiger partial charge in [-0.3, -0.25) is 9.59 Å². The van der Waals surface area contributed by atoms with Crippen molar-refractivity contribution in [1.29, 1.82) is 0 Å². The van der Waals surface area contributed by atoms with Crippen LogP contribution >= 0.6 is 0 Å². The van der Waals surface area contributed by atoms with Crippen molar-refractivity contribution in [2.45, 2.75) is 33.1 Å². The highest BCUT2D eigenvalue weighted by molar-refractivity contribution is 6.09. The SMILES string of the molecule is Cc1cccc(C(=O)NN=C2CCCc3oc(C(=O)Nc4ccc(N=Nc5ccccc5)cc4)c(C)c32)c1. The highest BCUT2D eigenvalue weighted by Crippen LogP contribution is 2.30. The number of benzene rings is 3. The van der Waals surface area contributed by atoms with Crippen molar-refractivity contribution in [1.82, 2.24) is 5.43 Å². The van der Waals surface area contributed by atoms with Gasteiger partial charge in [0.15, 0.2) is 5.76 Å². The summed E-state index contributed by atoms with van der Waals surface area (Å²) < 4.78 is 5.98. The van der Waals surface area contributed by atoms with Crippen molar-refractivity contribution in [2.24, 2.45) is 15.3 Å². The van der Waals surface area contributed by atoms with E-state index in [1.54, 1.807) is 30.3 Å². The highest BCUT2D eigenvalue weighted by atomic mass is 16.4. The number of hydrazone groups is 1. The Morgan fingerprint density at radius 2 is 1.55 bits per heavy atom. The molecule has 0 spiro atoms. The molecule has 190 valence electrons. The molecular formula is C30H27N5O3. The summed E-state index contributed by atoms with van der Waals surface area (Å²) in [6.45, 7) is 3.77. The summed E-state index contributed by atoms with van der Waals surface area (Å²) in [5.41, 5.74) is 8.45. The Morgan fingerprint density at radius 3 is 2.29 bits per heavy atom. The van der Waals surface area contributed by atoms with Crippen molar-refractivity contribution >= 4 is 34.6 Å². The third-order valence-corrected chi connectivity index (χ3v) is 6.27. The minimum absolute atomic E-state index is 0.238. The number of nitrogens with one attached hydrogen (secondary N) is 2. The first-order valence-corrected chi connectivity index (χ1v) is 12.4. The predicted octanol–water partition coefficient (Wildman–Crippen LogP) is 7.03. The topological polar surface area (TPSA) is 108 Å². The van der Waals surface area contributed by atoms with Crippen molar-refractivity contribution < 1.29 is 14.0 Å². The lowest BCUT2D eigenvalue weighted by Crippen LogP contribution is -2.22. The molecule has 0 bridgehead atoms. The van der Waals surface area contributed by atoms with Crippen LogP contribution in [-0.4, -0.2) is 17.5 Å². The number of carbonyl (C=O) groups excluding carboxylic acids is 2. The zero-order chi connectivity index (χ0) is 26.5. The van der Waals surface area contributed by atoms with Crippen molar-refractivity contribution in [3.63, 3.8) is 0 Å². The van der Waals surface area contributed by atoms with Gasteiger partial charge in [0.2, 0.25) is 0 Å². The van der Waals surface area contributed by atoms with Gasteiger partial charge in [-0.2, -0.15) is 15.3 Å². The van der Waals surface area contributed by atoms with Gasteiger partial charge in [-0.05, 0) is 75.2 Å². The Labute approximate surface area is 220 Å². The summed E-state index contributed by atoms with van der Waals surface area (Å²) in [4.78, 5) is 25.7. The maximum Gasteiger partial charge on any atom is 0.291 e. The second-order valence-electron chi connectivity index (χ2n) is 9.11. The van der Waals surface area contributed by atoms with Crippen LogP contribution in [0.4, 0.5) is 17.1 Å². The Kier molecular flexibility index (Phi) is 7.21. The van der Waals surface area contributed by atoms with E-state index in [9.17, 15) is 9.59 Å². The highest BCUT2D eigenvalue weighted by Gasteiger charge is 2.28. The number of azo groups is 1. The van der Waals surface area contributed by atoms with Gasteiger partial charge in [0, 0.05) is 28.8 Å². The normalized spacial score (nSPS) is 13.9. The van der Waals surface area contributed by atoms with Crippen LogP contribution in [0.5, 0.6) is 0 Å². The molecule has 0 saturated heterocycles. The zero-order valence-corrected chi connectivity index (χ0v) is 21.2. The van der Waals surface area contributed by atoms with E-state index in [0.717, 1.165) is 23.2 Å². The summed E-state index contributed by atoms with van der Waals surface area (Å²) in [7, 11) is 0. The van der Waals surface area contributed by atoms with Crippen LogP contribution in [0.25, 0.3) is 0 Å². The van der Waals surface area contributed by atoms with Crippen LogP contribution < -0.4 is 10.7 Å². The van der Waals surface area contributed by atoms with Gasteiger partial charge in [-0.15, -0.1) is 0 Å². The zero-order valence-electron chi connectivity index (χ0n) is 21.2. The molecule has 38 heavy (non-hydrogen) atoms. The molecule has 5 rings (SSSR count). The molecule has 2 amide bonds. The number of nitrogens with zero attached hydrogens (tertiary/aromatic N) is 3. The van der Waals surface area contributed by atoms with Crippen LogP contribution in [0.3, 0.4) is 0 Å². The molecule has 1 heterocycles. The molecule has 8 nitrogen and oxygen atoms in total. The molecule has 1 aliphatic rings. The fourth-order valence-corrected chi connectivity index (χ4v) is 4.38. The predicted molar refractivity (Wildman–Crippen MR) is 147 cm³/mol. The Morgan fingerprint density at radius 1 is 0.816 bits per heavy atom. The van der Waals surface area contributed by atoms with E-state index in [1.807, 2.05) is 62.4 Å². The first kappa shape index (κ1) is 24.8. The molecule has 8 heteroatoms. The fraction of sp³-hybridized carbons (Fsp3) is 0.167. The number of anilines is 1. The number of fused-ring (bicyclic) bond motifs is 1. The minimum atomic E-state index is -0.348. The molecule has 1 aliphatic carbocycles. The summed E-state index contributed by atoms with van der Waals surface area (Å²) >= 11 is 0. The third kappa shape index (κ3) is 5.59. The lowest BCUT2D eigenvalue weighted by molar-refractivity contribution is 0.0953. The Balaban J connectivity index is 1.29. The number of rotatable bonds is 6. The number of furan rings is 1. The molecule has 2 N–H and O–H groups in total. The van der Waals surface area contributed by atoms with Crippen LogP contribution in [-0.2, 0) is 6.42 Å². The average Bonchev–Trinajstić information content (AvgIpc) is 3.29. The van der Waals surface area contributed by atoms with Gasteiger partial charge in [0.05, 0.1) is 17.1 Å². The largest absolute Gasteiger partial charge is 0.455 e. The van der Waals surface area contributed by atoms with E-state index in [0.29, 0.717) is 46.8 Å². The van der Waals surface area contributed by atoms with Crippen LogP contribution in [0.1, 0.15) is 56.2 Å². The number of hydrogen-bond donors (Lipinski definition) is 2. The third-order valence-electron chi connectivity index (χ3n) is 6.27. The summed E-state index contributed by atoms with van der Waals surface area (Å²) in [5, 5.41) is 15.7. The van der Waals surface area contributed by atoms with Gasteiger partial charge in [-0.1, -0.05) is 35.9 Å². The van der Waals surface area contributed by atoms with E-state index in [2.05, 4.69) is 26.1 Å². The average molecular weight is 506 g/mol. The standard InChI is InChI=1S/C30H27N5O3/c1-19-8-6-9-21(18-19)29(36)35-34-25-12-7-13-26-27(25)20(2)28(38-26)30(37)31-22-14-16-24(17-15-22)33-32-23-10-4-3-5-11-23/h3-6,8-11,14-18H,7,12-13H2,1-2H3,(H,31,37)(H,35,36). The summed E-state index contributed by atoms with van der Waals surface area (Å²) in [5.74, 6) is 0.319. The van der Waals surface area contributed by atoms with Crippen LogP contribution in [0.15, 0.2) is 98.6 Å². The van der Waals surface area contributed by atoms with E-state index in [4.69, 9.17) is 4.42 Å². The van der Waals surface area contributed by atoms with Crippen LogP contribution in [0, 0.1) is 13.8 Å². The van der Waals surface area contributed by atoms with Gasteiger partial charge >= 0.3 is 0 Å². The van der Waals surface area contributed by atoms with E-state index >= 15 is 0 Å². The molecule has 4 aromatic rings. The molecule has 0 fully saturated rings. The molecule has 0 atom stereocenters. The number of aryl methyl sites for hydroxylation is 2. The maximum atomic E-state index is 13.1. The van der Waals surface area contributed by atoms with E-state index in [-0.39, 0.29) is 17.6 Å². The van der Waals surface area contributed by atoms with Gasteiger partial charge in [0.25, 0.3) is 11.8 Å². The molecular weight excluding hydrogens is 478 g/mol. The first-order valence-electron chi connectivity index (χ1n) is 12.4. The van der Waals surface area contributed by atoms with E-state index in [1.165, 1.54) is 0 Å². The second kappa shape index (κ2) is 11.0. The molecule has 0 unspecified atom stereocenters. The van der Waals surface area contributed by atoms with Crippen molar-refractivity contribution in [3.8, 4) is 0 Å². The lowest BCUT2D eigenvalue weighted by Gasteiger charge is -2.13. The van der Waals surface area contributed by atoms with Crippen LogP contribution in [0.2, 0.25) is 0 Å². The van der Waals surface area contributed by atoms with Crippen molar-refractivity contribution in [2.75, 3.05) is 5.32 Å². The summed E-state index contributed by atoms with van der Waals surface area (Å²) in [6, 6.07) is 23.9. The van der Waals surface area contributed by atoms with E-state index < -0.39 is 0 Å². The smallest absolute Gasteiger partial charge is 0.291 e. The molecule has 0 aliphatic heterocycles. The van der Waals surface area contributed by atoms with Gasteiger partial charge < -0.3 is 9.73 Å². The summed E-state index contributed by atoms with van der Waals surface area (Å²) in [6.07, 6.45) is 2.20. The van der Waals surface area contributed by atoms with Crippen molar-refractivity contribution in [3.05, 3.63) is 113 Å². The number of carbonyl (C=O) groups is 2. The Hall–Kier alpha value is -4.85. The van der Waals surface area contributed by atoms with Gasteiger partial charge in [-0.25, -0.2) is 5.43 Å². The second-order valence-corrected chi connectivity index (χ2v) is 9.11. The number of amides is 2. The Bertz CT molecular complexity index is 1540. The first-order chi connectivity index (χ1) is 18.5. The molecule has 3 aromatic carbocycles. The fourth-order valence-electron chi connectivity index (χ4n) is 4.38. The molecule has 1 aromatic heterocycles. The minimum Gasteiger partial charge on any atom is -0.455 e. The maximum absolute atomic E-state index is 13.1. The van der Waals surface area contributed by atoms with Gasteiger partial charge in [0.1, 0.15) is 5.76 Å². The number of hydrogen-bond acceptors (Lipinski definition) is 6. The molecule has 0 saturated carbocycles. The lowest BCUT2D eigenvalue weighted by atomic mass is 9.93. The monoisotopic (exact) mass is 505 g/mol. The molecule has 0 radical (unpaired) electrons.